The van der Waals surface area contributed by atoms with Crippen LogP contribution in [0.2, 0.25) is 0 Å². The number of nitriles is 1. The lowest BCUT2D eigenvalue weighted by atomic mass is 10.3. The molecular formula is C10H13N3O2S. The molecule has 0 radical (unpaired) electrons. The summed E-state index contributed by atoms with van der Waals surface area (Å²) in [4.78, 5) is 10.5. The fourth-order valence-corrected chi connectivity index (χ4v) is 2.49. The van der Waals surface area contributed by atoms with Gasteiger partial charge < -0.3 is 5.11 Å². The maximum Gasteiger partial charge on any atom is 0.304 e. The van der Waals surface area contributed by atoms with Crippen LogP contribution in [-0.4, -0.2) is 26.1 Å². The van der Waals surface area contributed by atoms with Gasteiger partial charge in [-0.1, -0.05) is 6.92 Å². The van der Waals surface area contributed by atoms with Gasteiger partial charge in [0.25, 0.3) is 0 Å². The Labute approximate surface area is 98.1 Å². The number of hydrogen-bond donors (Lipinski definition) is 1. The molecule has 0 aliphatic rings. The van der Waals surface area contributed by atoms with Crippen LogP contribution in [0.1, 0.15) is 24.6 Å². The van der Waals surface area contributed by atoms with E-state index in [-0.39, 0.29) is 11.7 Å². The summed E-state index contributed by atoms with van der Waals surface area (Å²) < 4.78 is 1.62. The van der Waals surface area contributed by atoms with Gasteiger partial charge in [-0.25, -0.2) is 0 Å². The largest absolute Gasteiger partial charge is 0.481 e. The molecule has 0 bridgehead atoms. The van der Waals surface area contributed by atoms with Crippen molar-refractivity contribution in [2.24, 2.45) is 7.05 Å². The second-order valence-electron chi connectivity index (χ2n) is 3.53. The van der Waals surface area contributed by atoms with Crippen LogP contribution in [0.25, 0.3) is 0 Å². The van der Waals surface area contributed by atoms with E-state index in [9.17, 15) is 4.79 Å². The first-order valence-electron chi connectivity index (χ1n) is 4.77. The fraction of sp³-hybridized carbons (Fsp3) is 0.500. The number of nitrogens with zero attached hydrogens (tertiary/aromatic N) is 3. The third kappa shape index (κ3) is 2.76. The molecule has 1 rings (SSSR count). The standard InChI is InChI=1S/C10H13N3O2S/c1-6(4-9(14)15)16-10-8(5-11)7(2)12-13(10)3/h6H,4H2,1-3H3,(H,14,15). The molecule has 1 heterocycles. The molecule has 0 spiro atoms. The summed E-state index contributed by atoms with van der Waals surface area (Å²) >= 11 is 1.37. The molecule has 0 saturated carbocycles. The number of carbonyl (C=O) groups is 1. The third-order valence-electron chi connectivity index (χ3n) is 2.06. The maximum atomic E-state index is 10.5. The molecule has 1 N–H and O–H groups in total. The second kappa shape index (κ2) is 5.03. The van der Waals surface area contributed by atoms with Crippen LogP contribution in [-0.2, 0) is 11.8 Å². The van der Waals surface area contributed by atoms with E-state index < -0.39 is 5.97 Å². The van der Waals surface area contributed by atoms with Crippen molar-refractivity contribution in [2.75, 3.05) is 0 Å². The highest BCUT2D eigenvalue weighted by Crippen LogP contribution is 2.29. The molecule has 0 saturated heterocycles. The molecule has 0 amide bonds. The molecule has 1 aromatic rings. The number of carboxylic acids is 1. The molecule has 86 valence electrons. The summed E-state index contributed by atoms with van der Waals surface area (Å²) in [5.74, 6) is -0.836. The number of hydrogen-bond acceptors (Lipinski definition) is 4. The smallest absolute Gasteiger partial charge is 0.304 e. The molecule has 5 nitrogen and oxygen atoms in total. The fourth-order valence-electron chi connectivity index (χ4n) is 1.38. The molecule has 0 aliphatic heterocycles. The Morgan fingerprint density at radius 1 is 1.75 bits per heavy atom. The van der Waals surface area contributed by atoms with E-state index in [1.165, 1.54) is 11.8 Å². The summed E-state index contributed by atoms with van der Waals surface area (Å²) in [5, 5.41) is 22.4. The van der Waals surface area contributed by atoms with Crippen molar-refractivity contribution in [3.63, 3.8) is 0 Å². The first kappa shape index (κ1) is 12.6. The van der Waals surface area contributed by atoms with Crippen LogP contribution in [0, 0.1) is 18.3 Å². The van der Waals surface area contributed by atoms with Gasteiger partial charge in [0.15, 0.2) is 0 Å². The maximum absolute atomic E-state index is 10.5. The second-order valence-corrected chi connectivity index (χ2v) is 4.95. The van der Waals surface area contributed by atoms with Gasteiger partial charge in [-0.2, -0.15) is 10.4 Å². The van der Waals surface area contributed by atoms with E-state index in [4.69, 9.17) is 10.4 Å². The van der Waals surface area contributed by atoms with Crippen LogP contribution < -0.4 is 0 Å². The predicted molar refractivity (Wildman–Crippen MR) is 60.2 cm³/mol. The highest BCUT2D eigenvalue weighted by atomic mass is 32.2. The Balaban J connectivity index is 2.89. The molecule has 16 heavy (non-hydrogen) atoms. The number of aliphatic carboxylic acids is 1. The summed E-state index contributed by atoms with van der Waals surface area (Å²) in [6.07, 6.45) is 0.0692. The summed E-state index contributed by atoms with van der Waals surface area (Å²) in [6.45, 7) is 3.59. The lowest BCUT2D eigenvalue weighted by molar-refractivity contribution is -0.136. The minimum atomic E-state index is -0.836. The summed E-state index contributed by atoms with van der Waals surface area (Å²) in [7, 11) is 1.75. The van der Waals surface area contributed by atoms with Crippen LogP contribution in [0.15, 0.2) is 5.03 Å². The molecule has 0 aromatic carbocycles. The highest BCUT2D eigenvalue weighted by molar-refractivity contribution is 7.99. The van der Waals surface area contributed by atoms with E-state index >= 15 is 0 Å². The number of aromatic nitrogens is 2. The van der Waals surface area contributed by atoms with Crippen LogP contribution in [0.3, 0.4) is 0 Å². The molecule has 0 fully saturated rings. The van der Waals surface area contributed by atoms with Crippen molar-refractivity contribution < 1.29 is 9.90 Å². The Morgan fingerprint density at radius 3 is 2.88 bits per heavy atom. The monoisotopic (exact) mass is 239 g/mol. The minimum Gasteiger partial charge on any atom is -0.481 e. The Kier molecular flexibility index (Phi) is 3.96. The van der Waals surface area contributed by atoms with Crippen LogP contribution in [0.4, 0.5) is 0 Å². The first-order valence-corrected chi connectivity index (χ1v) is 5.65. The van der Waals surface area contributed by atoms with Crippen molar-refractivity contribution in [1.29, 1.82) is 5.26 Å². The average Bonchev–Trinajstić information content (AvgIpc) is 2.40. The lowest BCUT2D eigenvalue weighted by Crippen LogP contribution is -2.07. The van der Waals surface area contributed by atoms with Gasteiger partial charge in [0.2, 0.25) is 0 Å². The topological polar surface area (TPSA) is 78.9 Å². The molecule has 0 aliphatic carbocycles. The van der Waals surface area contributed by atoms with Crippen LogP contribution in [0.5, 0.6) is 0 Å². The van der Waals surface area contributed by atoms with E-state index in [0.717, 1.165) is 5.03 Å². The lowest BCUT2D eigenvalue weighted by Gasteiger charge is -2.08. The molecular weight excluding hydrogens is 226 g/mol. The van der Waals surface area contributed by atoms with Crippen molar-refractivity contribution in [3.8, 4) is 6.07 Å². The highest BCUT2D eigenvalue weighted by Gasteiger charge is 2.17. The van der Waals surface area contributed by atoms with E-state index in [1.807, 2.05) is 6.92 Å². The third-order valence-corrected chi connectivity index (χ3v) is 3.32. The van der Waals surface area contributed by atoms with Gasteiger partial charge in [0.05, 0.1) is 12.1 Å². The Morgan fingerprint density at radius 2 is 2.38 bits per heavy atom. The molecule has 6 heteroatoms. The van der Waals surface area contributed by atoms with Crippen molar-refractivity contribution in [3.05, 3.63) is 11.3 Å². The zero-order valence-corrected chi connectivity index (χ0v) is 10.2. The van der Waals surface area contributed by atoms with Crippen LogP contribution >= 0.6 is 11.8 Å². The van der Waals surface area contributed by atoms with E-state index in [2.05, 4.69) is 11.2 Å². The number of carboxylic acid groups (broad SMARTS) is 1. The SMILES string of the molecule is Cc1nn(C)c(SC(C)CC(=O)O)c1C#N. The van der Waals surface area contributed by atoms with Crippen molar-refractivity contribution in [1.82, 2.24) is 9.78 Å². The first-order chi connectivity index (χ1) is 7.45. The molecule has 1 aromatic heterocycles. The normalized spacial score (nSPS) is 12.1. The van der Waals surface area contributed by atoms with Gasteiger partial charge in [-0.3, -0.25) is 9.48 Å². The van der Waals surface area contributed by atoms with E-state index in [0.29, 0.717) is 11.3 Å². The Bertz CT molecular complexity index is 448. The van der Waals surface area contributed by atoms with Crippen molar-refractivity contribution in [2.45, 2.75) is 30.5 Å². The van der Waals surface area contributed by atoms with Gasteiger partial charge in [-0.15, -0.1) is 11.8 Å². The predicted octanol–water partition coefficient (Wildman–Crippen LogP) is 1.56. The zero-order valence-electron chi connectivity index (χ0n) is 9.39. The minimum absolute atomic E-state index is 0.0692. The average molecular weight is 239 g/mol. The Hall–Kier alpha value is -1.48. The van der Waals surface area contributed by atoms with E-state index in [1.54, 1.807) is 18.7 Å². The van der Waals surface area contributed by atoms with Gasteiger partial charge >= 0.3 is 5.97 Å². The zero-order chi connectivity index (χ0) is 12.3. The number of thioether (sulfide) groups is 1. The molecule has 1 unspecified atom stereocenters. The quantitative estimate of drug-likeness (QED) is 0.806. The summed E-state index contributed by atoms with van der Waals surface area (Å²) in [5.41, 5.74) is 1.21. The van der Waals surface area contributed by atoms with Crippen molar-refractivity contribution >= 4 is 17.7 Å². The summed E-state index contributed by atoms with van der Waals surface area (Å²) in [6, 6.07) is 2.09. The van der Waals surface area contributed by atoms with Gasteiger partial charge in [0, 0.05) is 12.3 Å². The number of aryl methyl sites for hydroxylation is 2. The van der Waals surface area contributed by atoms with Gasteiger partial charge in [-0.05, 0) is 6.92 Å². The van der Waals surface area contributed by atoms with Gasteiger partial charge in [0.1, 0.15) is 16.7 Å². The molecule has 1 atom stereocenters. The number of rotatable bonds is 4.